The number of fused-ring (bicyclic) bond motifs is 3. The SMILES string of the molecule is Cc1ccnc(Oc2ccc(-c3cc4c(cc3F)ncc3nc(C)n(C5CCN(C(N)=O)CC5)c34)c(F)c2)n1. The summed E-state index contributed by atoms with van der Waals surface area (Å²) in [6.07, 6.45) is 4.58. The van der Waals surface area contributed by atoms with E-state index in [4.69, 9.17) is 15.5 Å². The van der Waals surface area contributed by atoms with Gasteiger partial charge in [-0.3, -0.25) is 4.98 Å². The van der Waals surface area contributed by atoms with Gasteiger partial charge >= 0.3 is 12.0 Å². The number of nitrogens with zero attached hydrogens (tertiary/aromatic N) is 6. The molecule has 2 amide bonds. The van der Waals surface area contributed by atoms with Crippen LogP contribution in [-0.4, -0.2) is 48.5 Å². The van der Waals surface area contributed by atoms with Crippen LogP contribution >= 0.6 is 0 Å². The molecular formula is C28H25F2N7O2. The minimum atomic E-state index is -0.651. The van der Waals surface area contributed by atoms with Crippen molar-refractivity contribution in [1.29, 1.82) is 0 Å². The number of aromatic nitrogens is 5. The van der Waals surface area contributed by atoms with Crippen LogP contribution in [0.3, 0.4) is 0 Å². The lowest BCUT2D eigenvalue weighted by Crippen LogP contribution is -2.42. The number of halogens is 2. The number of piperidine rings is 1. The smallest absolute Gasteiger partial charge is 0.322 e. The molecule has 0 spiro atoms. The number of ether oxygens (including phenoxy) is 1. The molecule has 0 unspecified atom stereocenters. The lowest BCUT2D eigenvalue weighted by Gasteiger charge is -2.32. The number of carbonyl (C=O) groups excluding carboxylic acids is 1. The Hall–Kier alpha value is -4.67. The number of primary amides is 1. The van der Waals surface area contributed by atoms with E-state index in [2.05, 4.69) is 19.5 Å². The zero-order valence-corrected chi connectivity index (χ0v) is 21.4. The third-order valence-electron chi connectivity index (χ3n) is 7.13. The van der Waals surface area contributed by atoms with Crippen LogP contribution < -0.4 is 10.5 Å². The fraction of sp³-hybridized carbons (Fsp3) is 0.250. The largest absolute Gasteiger partial charge is 0.424 e. The standard InChI is InChI=1S/C28H25F2N7O2/c1-15-5-8-32-28(34-15)39-18-3-4-19(22(29)11-18)20-12-21-24(13-23(20)30)33-14-25-26(21)37(16(2)35-25)17-6-9-36(10-7-17)27(31)38/h3-5,8,11-14,17H,6-7,9-10H2,1-2H3,(H2,31,38). The molecule has 1 aliphatic rings. The highest BCUT2D eigenvalue weighted by molar-refractivity contribution is 6.04. The number of hydrogen-bond acceptors (Lipinski definition) is 6. The first kappa shape index (κ1) is 24.7. The zero-order valence-electron chi connectivity index (χ0n) is 21.4. The second-order valence-electron chi connectivity index (χ2n) is 9.65. The van der Waals surface area contributed by atoms with Gasteiger partial charge in [0.1, 0.15) is 28.7 Å². The molecule has 1 saturated heterocycles. The molecule has 0 saturated carbocycles. The van der Waals surface area contributed by atoms with Gasteiger partial charge in [-0.1, -0.05) is 0 Å². The van der Waals surface area contributed by atoms with Crippen molar-refractivity contribution >= 4 is 28.0 Å². The van der Waals surface area contributed by atoms with E-state index in [9.17, 15) is 4.79 Å². The van der Waals surface area contributed by atoms with Crippen molar-refractivity contribution in [3.8, 4) is 22.9 Å². The summed E-state index contributed by atoms with van der Waals surface area (Å²) < 4.78 is 38.4. The second-order valence-corrected chi connectivity index (χ2v) is 9.65. The minimum absolute atomic E-state index is 0.0710. The number of rotatable bonds is 4. The van der Waals surface area contributed by atoms with Crippen LogP contribution in [-0.2, 0) is 0 Å². The summed E-state index contributed by atoms with van der Waals surface area (Å²) in [5.41, 5.74) is 8.26. The molecule has 198 valence electrons. The van der Waals surface area contributed by atoms with Crippen LogP contribution in [0.1, 0.15) is 30.4 Å². The highest BCUT2D eigenvalue weighted by Gasteiger charge is 2.26. The Balaban J connectivity index is 1.42. The van der Waals surface area contributed by atoms with Crippen molar-refractivity contribution < 1.29 is 18.3 Å². The highest BCUT2D eigenvalue weighted by atomic mass is 19.1. The number of urea groups is 1. The van der Waals surface area contributed by atoms with Crippen LogP contribution in [0.5, 0.6) is 11.8 Å². The average molecular weight is 530 g/mol. The van der Waals surface area contributed by atoms with Crippen molar-refractivity contribution in [3.05, 3.63) is 71.9 Å². The predicted octanol–water partition coefficient (Wildman–Crippen LogP) is 5.44. The quantitative estimate of drug-likeness (QED) is 0.332. The molecule has 1 aliphatic heterocycles. The van der Waals surface area contributed by atoms with Crippen LogP contribution in [0.2, 0.25) is 0 Å². The Bertz CT molecular complexity index is 1750. The number of aryl methyl sites for hydroxylation is 2. The van der Waals surface area contributed by atoms with Gasteiger partial charge in [0.2, 0.25) is 0 Å². The fourth-order valence-corrected chi connectivity index (χ4v) is 5.27. The molecule has 9 nitrogen and oxygen atoms in total. The number of likely N-dealkylation sites (tertiary alicyclic amines) is 1. The van der Waals surface area contributed by atoms with E-state index >= 15 is 8.78 Å². The average Bonchev–Trinajstić information content (AvgIpc) is 3.25. The lowest BCUT2D eigenvalue weighted by atomic mass is 10.0. The Morgan fingerprint density at radius 1 is 0.974 bits per heavy atom. The van der Waals surface area contributed by atoms with E-state index in [0.717, 1.165) is 11.3 Å². The summed E-state index contributed by atoms with van der Waals surface area (Å²) in [5, 5.41) is 0.662. The number of pyridine rings is 1. The molecule has 6 rings (SSSR count). The van der Waals surface area contributed by atoms with Crippen molar-refractivity contribution in [2.45, 2.75) is 32.7 Å². The van der Waals surface area contributed by atoms with E-state index < -0.39 is 17.7 Å². The van der Waals surface area contributed by atoms with E-state index in [1.165, 1.54) is 18.2 Å². The van der Waals surface area contributed by atoms with Gasteiger partial charge in [0.05, 0.1) is 17.2 Å². The molecule has 0 aliphatic carbocycles. The van der Waals surface area contributed by atoms with E-state index in [-0.39, 0.29) is 28.9 Å². The Kier molecular flexibility index (Phi) is 6.05. The van der Waals surface area contributed by atoms with E-state index in [0.29, 0.717) is 48.0 Å². The molecule has 3 aromatic heterocycles. The fourth-order valence-electron chi connectivity index (χ4n) is 5.27. The van der Waals surface area contributed by atoms with E-state index in [1.807, 2.05) is 6.92 Å². The molecule has 0 radical (unpaired) electrons. The molecule has 1 fully saturated rings. The summed E-state index contributed by atoms with van der Waals surface area (Å²) >= 11 is 0. The maximum Gasteiger partial charge on any atom is 0.322 e. The predicted molar refractivity (Wildman–Crippen MR) is 141 cm³/mol. The maximum absolute atomic E-state index is 15.3. The molecule has 5 aromatic rings. The number of hydrogen-bond donors (Lipinski definition) is 1. The van der Waals surface area contributed by atoms with Gasteiger partial charge in [-0.05, 0) is 51.0 Å². The molecule has 4 heterocycles. The molecule has 0 bridgehead atoms. The van der Waals surface area contributed by atoms with E-state index in [1.54, 1.807) is 42.4 Å². The number of nitrogens with two attached hydrogens (primary N) is 1. The molecule has 11 heteroatoms. The van der Waals surface area contributed by atoms with Gasteiger partial charge in [-0.2, -0.15) is 0 Å². The summed E-state index contributed by atoms with van der Waals surface area (Å²) in [6.45, 7) is 4.78. The third-order valence-corrected chi connectivity index (χ3v) is 7.13. The van der Waals surface area contributed by atoms with Gasteiger partial charge < -0.3 is 19.9 Å². The maximum atomic E-state index is 15.3. The third kappa shape index (κ3) is 4.49. The van der Waals surface area contributed by atoms with Crippen molar-refractivity contribution in [2.75, 3.05) is 13.1 Å². The molecule has 2 N–H and O–H groups in total. The Morgan fingerprint density at radius 3 is 2.46 bits per heavy atom. The van der Waals surface area contributed by atoms with Crippen LogP contribution in [0.15, 0.2) is 48.8 Å². The second kappa shape index (κ2) is 9.57. The molecular weight excluding hydrogens is 504 g/mol. The Labute approximate surface area is 222 Å². The number of imidazole rings is 1. The Morgan fingerprint density at radius 2 is 1.74 bits per heavy atom. The zero-order chi connectivity index (χ0) is 27.3. The van der Waals surface area contributed by atoms with Gasteiger partial charge in [0, 0.05) is 59.7 Å². The topological polar surface area (TPSA) is 112 Å². The molecule has 0 atom stereocenters. The van der Waals surface area contributed by atoms with Crippen molar-refractivity contribution in [1.82, 2.24) is 29.4 Å². The summed E-state index contributed by atoms with van der Waals surface area (Å²) in [7, 11) is 0. The van der Waals surface area contributed by atoms with Gasteiger partial charge in [-0.25, -0.2) is 28.5 Å². The van der Waals surface area contributed by atoms with Crippen LogP contribution in [0.25, 0.3) is 33.1 Å². The normalized spacial score (nSPS) is 14.3. The first-order valence-electron chi connectivity index (χ1n) is 12.6. The van der Waals surface area contributed by atoms with Crippen molar-refractivity contribution in [2.24, 2.45) is 5.73 Å². The lowest BCUT2D eigenvalue weighted by molar-refractivity contribution is 0.180. The summed E-state index contributed by atoms with van der Waals surface area (Å²) in [6, 6.07) is 8.61. The first-order valence-corrected chi connectivity index (χ1v) is 12.6. The summed E-state index contributed by atoms with van der Waals surface area (Å²) in [4.78, 5) is 30.5. The number of amides is 2. The van der Waals surface area contributed by atoms with Crippen molar-refractivity contribution in [3.63, 3.8) is 0 Å². The number of benzene rings is 2. The molecule has 2 aromatic carbocycles. The monoisotopic (exact) mass is 529 g/mol. The highest BCUT2D eigenvalue weighted by Crippen LogP contribution is 2.36. The minimum Gasteiger partial charge on any atom is -0.424 e. The molecule has 39 heavy (non-hydrogen) atoms. The van der Waals surface area contributed by atoms with Crippen LogP contribution in [0.4, 0.5) is 13.6 Å². The summed E-state index contributed by atoms with van der Waals surface area (Å²) in [5.74, 6) is -0.264. The van der Waals surface area contributed by atoms with Gasteiger partial charge in [0.25, 0.3) is 0 Å². The van der Waals surface area contributed by atoms with Gasteiger partial charge in [-0.15, -0.1) is 0 Å². The first-order chi connectivity index (χ1) is 18.8. The van der Waals surface area contributed by atoms with Crippen LogP contribution in [0, 0.1) is 25.5 Å². The number of carbonyl (C=O) groups is 1. The van der Waals surface area contributed by atoms with Gasteiger partial charge in [0.15, 0.2) is 0 Å².